The number of nitrogens with one attached hydrogen (secondary N) is 1. The number of hydrogen-bond acceptors (Lipinski definition) is 5. The van der Waals surface area contributed by atoms with Crippen LogP contribution in [-0.4, -0.2) is 59.3 Å². The summed E-state index contributed by atoms with van der Waals surface area (Å²) in [4.78, 5) is 34.9. The summed E-state index contributed by atoms with van der Waals surface area (Å²) in [5.41, 5.74) is 0.964. The average molecular weight is 379 g/mol. The molecule has 1 unspecified atom stereocenters. The first-order valence-corrected chi connectivity index (χ1v) is 10.6. The number of nitrogens with zero attached hydrogens (tertiary/aromatic N) is 3. The summed E-state index contributed by atoms with van der Waals surface area (Å²) in [5.74, 6) is 0.295. The van der Waals surface area contributed by atoms with E-state index in [1.165, 1.54) is 24.2 Å². The second kappa shape index (κ2) is 8.95. The molecule has 7 heteroatoms. The number of aromatic nitrogens is 1. The highest BCUT2D eigenvalue weighted by Gasteiger charge is 2.30. The SMILES string of the molecule is Cc1nc(NC(=O)CN2CCCC(C(=O)N3CCCCCC3)C2)sc1C. The number of hydrogen-bond donors (Lipinski definition) is 1. The molecule has 1 aromatic rings. The van der Waals surface area contributed by atoms with Gasteiger partial charge in [0.05, 0.1) is 18.2 Å². The van der Waals surface area contributed by atoms with Crippen LogP contribution in [-0.2, 0) is 9.59 Å². The van der Waals surface area contributed by atoms with E-state index in [9.17, 15) is 9.59 Å². The molecule has 2 aliphatic rings. The maximum atomic E-state index is 12.9. The summed E-state index contributed by atoms with van der Waals surface area (Å²) in [6, 6.07) is 0. The molecule has 2 fully saturated rings. The summed E-state index contributed by atoms with van der Waals surface area (Å²) in [6.07, 6.45) is 6.63. The van der Waals surface area contributed by atoms with Crippen LogP contribution in [0.1, 0.15) is 49.1 Å². The van der Waals surface area contributed by atoms with Gasteiger partial charge in [-0.2, -0.15) is 0 Å². The lowest BCUT2D eigenvalue weighted by Crippen LogP contribution is -2.47. The summed E-state index contributed by atoms with van der Waals surface area (Å²) < 4.78 is 0. The normalized spacial score (nSPS) is 22.1. The Balaban J connectivity index is 1.51. The smallest absolute Gasteiger partial charge is 0.240 e. The highest BCUT2D eigenvalue weighted by Crippen LogP contribution is 2.23. The molecule has 1 atom stereocenters. The first kappa shape index (κ1) is 19.3. The van der Waals surface area contributed by atoms with Crippen molar-refractivity contribution in [3.63, 3.8) is 0 Å². The molecule has 0 radical (unpaired) electrons. The Hall–Kier alpha value is -1.47. The molecule has 2 aliphatic heterocycles. The molecular weight excluding hydrogens is 348 g/mol. The zero-order chi connectivity index (χ0) is 18.5. The number of piperidine rings is 1. The molecular formula is C19H30N4O2S. The van der Waals surface area contributed by atoms with Gasteiger partial charge < -0.3 is 10.2 Å². The number of likely N-dealkylation sites (tertiary alicyclic amines) is 2. The third-order valence-electron chi connectivity index (χ3n) is 5.41. The predicted molar refractivity (Wildman–Crippen MR) is 104 cm³/mol. The maximum absolute atomic E-state index is 12.9. The lowest BCUT2D eigenvalue weighted by molar-refractivity contribution is -0.137. The van der Waals surface area contributed by atoms with Crippen LogP contribution >= 0.6 is 11.3 Å². The quantitative estimate of drug-likeness (QED) is 0.875. The van der Waals surface area contributed by atoms with Gasteiger partial charge in [0.2, 0.25) is 11.8 Å². The van der Waals surface area contributed by atoms with Crippen molar-refractivity contribution in [1.82, 2.24) is 14.8 Å². The molecule has 3 rings (SSSR count). The zero-order valence-corrected chi connectivity index (χ0v) is 16.7. The van der Waals surface area contributed by atoms with Gasteiger partial charge >= 0.3 is 0 Å². The van der Waals surface area contributed by atoms with E-state index in [2.05, 4.69) is 20.1 Å². The molecule has 0 aliphatic carbocycles. The van der Waals surface area contributed by atoms with Gasteiger partial charge in [0, 0.05) is 24.5 Å². The molecule has 6 nitrogen and oxygen atoms in total. The summed E-state index contributed by atoms with van der Waals surface area (Å²) in [6.45, 7) is 7.67. The minimum absolute atomic E-state index is 0.0402. The highest BCUT2D eigenvalue weighted by molar-refractivity contribution is 7.15. The molecule has 2 amide bonds. The van der Waals surface area contributed by atoms with Crippen molar-refractivity contribution in [2.24, 2.45) is 5.92 Å². The van der Waals surface area contributed by atoms with Crippen LogP contribution in [0.5, 0.6) is 0 Å². The largest absolute Gasteiger partial charge is 0.342 e. The standard InChI is InChI=1S/C19H30N4O2S/c1-14-15(2)26-19(20-14)21-17(24)13-22-9-7-8-16(12-22)18(25)23-10-5-3-4-6-11-23/h16H,3-13H2,1-2H3,(H,20,21,24). The van der Waals surface area contributed by atoms with Crippen LogP contribution in [0.15, 0.2) is 0 Å². The average Bonchev–Trinajstić information content (AvgIpc) is 2.82. The monoisotopic (exact) mass is 378 g/mol. The molecule has 1 N–H and O–H groups in total. The van der Waals surface area contributed by atoms with Gasteiger partial charge in [0.25, 0.3) is 0 Å². The van der Waals surface area contributed by atoms with Crippen molar-refractivity contribution in [1.29, 1.82) is 0 Å². The van der Waals surface area contributed by atoms with E-state index in [1.54, 1.807) is 0 Å². The molecule has 0 spiro atoms. The highest BCUT2D eigenvalue weighted by atomic mass is 32.1. The molecule has 0 bridgehead atoms. The third-order valence-corrected chi connectivity index (χ3v) is 6.40. The van der Waals surface area contributed by atoms with Gasteiger partial charge in [-0.3, -0.25) is 14.5 Å². The fourth-order valence-corrected chi connectivity index (χ4v) is 4.67. The fourth-order valence-electron chi connectivity index (χ4n) is 3.84. The first-order chi connectivity index (χ1) is 12.5. The maximum Gasteiger partial charge on any atom is 0.240 e. The predicted octanol–water partition coefficient (Wildman–Crippen LogP) is 2.81. The molecule has 0 saturated carbocycles. The van der Waals surface area contributed by atoms with E-state index in [0.717, 1.165) is 55.9 Å². The number of rotatable bonds is 4. The number of amides is 2. The van der Waals surface area contributed by atoms with Gasteiger partial charge in [-0.25, -0.2) is 4.98 Å². The van der Waals surface area contributed by atoms with Crippen LogP contribution in [0.3, 0.4) is 0 Å². The number of thiazole rings is 1. The van der Waals surface area contributed by atoms with Crippen LogP contribution in [0.4, 0.5) is 5.13 Å². The molecule has 1 aromatic heterocycles. The number of carbonyl (C=O) groups excluding carboxylic acids is 2. The molecule has 2 saturated heterocycles. The zero-order valence-electron chi connectivity index (χ0n) is 15.9. The van der Waals surface area contributed by atoms with E-state index < -0.39 is 0 Å². The van der Waals surface area contributed by atoms with E-state index in [0.29, 0.717) is 24.1 Å². The Labute approximate surface area is 160 Å². The Morgan fingerprint density at radius 2 is 1.85 bits per heavy atom. The molecule has 144 valence electrons. The topological polar surface area (TPSA) is 65.5 Å². The van der Waals surface area contributed by atoms with Crippen LogP contribution in [0.25, 0.3) is 0 Å². The summed E-state index contributed by atoms with van der Waals surface area (Å²) in [5, 5.41) is 3.56. The van der Waals surface area contributed by atoms with Crippen LogP contribution in [0.2, 0.25) is 0 Å². The summed E-state index contributed by atoms with van der Waals surface area (Å²) in [7, 11) is 0. The Morgan fingerprint density at radius 1 is 1.12 bits per heavy atom. The Morgan fingerprint density at radius 3 is 2.50 bits per heavy atom. The molecule has 26 heavy (non-hydrogen) atoms. The van der Waals surface area contributed by atoms with Crippen molar-refractivity contribution in [3.05, 3.63) is 10.6 Å². The van der Waals surface area contributed by atoms with Gasteiger partial charge in [0.1, 0.15) is 0 Å². The number of aryl methyl sites for hydroxylation is 2. The second-order valence-corrected chi connectivity index (χ2v) is 8.73. The molecule has 3 heterocycles. The third kappa shape index (κ3) is 5.04. The van der Waals surface area contributed by atoms with Gasteiger partial charge in [-0.15, -0.1) is 11.3 Å². The Bertz CT molecular complexity index is 618. The molecule has 0 aromatic carbocycles. The second-order valence-electron chi connectivity index (χ2n) is 7.52. The summed E-state index contributed by atoms with van der Waals surface area (Å²) >= 11 is 1.51. The van der Waals surface area contributed by atoms with E-state index in [1.807, 2.05) is 13.8 Å². The fraction of sp³-hybridized carbons (Fsp3) is 0.737. The van der Waals surface area contributed by atoms with Crippen molar-refractivity contribution in [2.75, 3.05) is 38.0 Å². The van der Waals surface area contributed by atoms with Gasteiger partial charge in [0.15, 0.2) is 5.13 Å². The van der Waals surface area contributed by atoms with Gasteiger partial charge in [-0.1, -0.05) is 12.8 Å². The lowest BCUT2D eigenvalue weighted by Gasteiger charge is -2.34. The van der Waals surface area contributed by atoms with Crippen LogP contribution < -0.4 is 5.32 Å². The number of anilines is 1. The van der Waals surface area contributed by atoms with Gasteiger partial charge in [-0.05, 0) is 46.1 Å². The van der Waals surface area contributed by atoms with Crippen molar-refractivity contribution >= 4 is 28.3 Å². The van der Waals surface area contributed by atoms with E-state index in [-0.39, 0.29) is 11.8 Å². The van der Waals surface area contributed by atoms with Crippen LogP contribution in [0, 0.1) is 19.8 Å². The minimum atomic E-state index is -0.0402. The minimum Gasteiger partial charge on any atom is -0.342 e. The van der Waals surface area contributed by atoms with E-state index >= 15 is 0 Å². The van der Waals surface area contributed by atoms with Crippen molar-refractivity contribution < 1.29 is 9.59 Å². The lowest BCUT2D eigenvalue weighted by atomic mass is 9.96. The Kier molecular flexibility index (Phi) is 6.64. The first-order valence-electron chi connectivity index (χ1n) is 9.78. The van der Waals surface area contributed by atoms with Crippen molar-refractivity contribution in [3.8, 4) is 0 Å². The van der Waals surface area contributed by atoms with Crippen molar-refractivity contribution in [2.45, 2.75) is 52.4 Å². The number of carbonyl (C=O) groups is 2. The van der Waals surface area contributed by atoms with E-state index in [4.69, 9.17) is 0 Å².